The van der Waals surface area contributed by atoms with Gasteiger partial charge >= 0.3 is 0 Å². The average Bonchev–Trinajstić information content (AvgIpc) is 3.09. The van der Waals surface area contributed by atoms with Crippen LogP contribution in [0.25, 0.3) is 0 Å². The lowest BCUT2D eigenvalue weighted by Gasteiger charge is -2.30. The Kier molecular flexibility index (Phi) is 6.84. The summed E-state index contributed by atoms with van der Waals surface area (Å²) in [6.45, 7) is 0.0464. The average molecular weight is 453 g/mol. The van der Waals surface area contributed by atoms with Gasteiger partial charge in [-0.25, -0.2) is 0 Å². The highest BCUT2D eigenvalue weighted by molar-refractivity contribution is 6.22. The van der Waals surface area contributed by atoms with Crippen molar-refractivity contribution in [2.75, 3.05) is 13.1 Å². The normalized spacial score (nSPS) is 18.4. The number of amides is 3. The fraction of sp³-hybridized carbons (Fsp3) is 0.214. The van der Waals surface area contributed by atoms with Gasteiger partial charge in [0.25, 0.3) is 17.7 Å². The standard InChI is InChI=1S/C28H24N2O4/c1-2-17-29-26(32)23-16-8-4-7-13-20(25(23)31)24(19-11-5-3-6-12-19)18-30-27(33)21-14-9-10-15-22(21)28(30)34/h1,3-6,8-12,14-16,20,24H,7,13,17-18H2,(H,29,32). The molecule has 1 aliphatic heterocycles. The Morgan fingerprint density at radius 1 is 1.03 bits per heavy atom. The molecule has 34 heavy (non-hydrogen) atoms. The Balaban J connectivity index is 1.70. The lowest BCUT2D eigenvalue weighted by atomic mass is 9.77. The SMILES string of the molecule is C#CCNC(=O)C1=CC=CCCC(C(CN2C(=O)c3ccccc3C2=O)c2ccccc2)C1=O. The molecule has 0 fully saturated rings. The summed E-state index contributed by atoms with van der Waals surface area (Å²) in [6, 6.07) is 16.0. The number of nitrogens with one attached hydrogen (secondary N) is 1. The van der Waals surface area contributed by atoms with Crippen molar-refractivity contribution in [1.29, 1.82) is 0 Å². The van der Waals surface area contributed by atoms with Crippen molar-refractivity contribution >= 4 is 23.5 Å². The van der Waals surface area contributed by atoms with E-state index in [-0.39, 0.29) is 36.3 Å². The van der Waals surface area contributed by atoms with Gasteiger partial charge in [0.15, 0.2) is 5.78 Å². The molecule has 170 valence electrons. The number of ketones is 1. The minimum atomic E-state index is -0.612. The number of fused-ring (bicyclic) bond motifs is 1. The maximum absolute atomic E-state index is 13.7. The van der Waals surface area contributed by atoms with E-state index in [4.69, 9.17) is 6.42 Å². The van der Waals surface area contributed by atoms with Gasteiger partial charge in [0, 0.05) is 18.4 Å². The molecule has 2 aliphatic rings. The number of terminal acetylenes is 1. The summed E-state index contributed by atoms with van der Waals surface area (Å²) < 4.78 is 0. The smallest absolute Gasteiger partial charge is 0.261 e. The molecule has 0 radical (unpaired) electrons. The topological polar surface area (TPSA) is 83.6 Å². The Labute approximate surface area is 198 Å². The second-order valence-electron chi connectivity index (χ2n) is 8.23. The van der Waals surface area contributed by atoms with Gasteiger partial charge in [0.2, 0.25) is 0 Å². The van der Waals surface area contributed by atoms with Crippen molar-refractivity contribution in [3.8, 4) is 12.3 Å². The molecule has 1 aliphatic carbocycles. The van der Waals surface area contributed by atoms with Crippen LogP contribution in [0.15, 0.2) is 78.4 Å². The second kappa shape index (κ2) is 10.1. The molecule has 0 saturated carbocycles. The molecule has 0 bridgehead atoms. The summed E-state index contributed by atoms with van der Waals surface area (Å²) in [4.78, 5) is 53.7. The highest BCUT2D eigenvalue weighted by atomic mass is 16.2. The molecule has 1 heterocycles. The van der Waals surface area contributed by atoms with Crippen LogP contribution in [0, 0.1) is 18.3 Å². The van der Waals surface area contributed by atoms with Crippen LogP contribution in [0.3, 0.4) is 0 Å². The number of hydrogen-bond acceptors (Lipinski definition) is 4. The van der Waals surface area contributed by atoms with Crippen LogP contribution in [0.4, 0.5) is 0 Å². The second-order valence-corrected chi connectivity index (χ2v) is 8.23. The Morgan fingerprint density at radius 2 is 1.68 bits per heavy atom. The third-order valence-electron chi connectivity index (χ3n) is 6.21. The van der Waals surface area contributed by atoms with Crippen molar-refractivity contribution in [2.24, 2.45) is 5.92 Å². The van der Waals surface area contributed by atoms with Crippen molar-refractivity contribution in [1.82, 2.24) is 10.2 Å². The van der Waals surface area contributed by atoms with E-state index in [2.05, 4.69) is 11.2 Å². The Hall–Kier alpha value is -4.24. The summed E-state index contributed by atoms with van der Waals surface area (Å²) in [5.41, 5.74) is 1.56. The van der Waals surface area contributed by atoms with Gasteiger partial charge in [0.05, 0.1) is 23.2 Å². The van der Waals surface area contributed by atoms with Gasteiger partial charge < -0.3 is 5.32 Å². The van der Waals surface area contributed by atoms with Crippen LogP contribution in [0.5, 0.6) is 0 Å². The number of Topliss-reactive ketones (excluding diaryl/α,β-unsaturated/α-hetero) is 1. The molecule has 6 nitrogen and oxygen atoms in total. The molecule has 0 saturated heterocycles. The van der Waals surface area contributed by atoms with Gasteiger partial charge in [-0.3, -0.25) is 24.1 Å². The van der Waals surface area contributed by atoms with E-state index in [0.717, 1.165) is 5.56 Å². The highest BCUT2D eigenvalue weighted by Crippen LogP contribution is 2.35. The predicted octanol–water partition coefficient (Wildman–Crippen LogP) is 3.28. The number of nitrogens with zero attached hydrogens (tertiary/aromatic N) is 1. The third kappa shape index (κ3) is 4.46. The zero-order valence-corrected chi connectivity index (χ0v) is 18.6. The Morgan fingerprint density at radius 3 is 2.32 bits per heavy atom. The molecule has 0 aromatic heterocycles. The zero-order valence-electron chi connectivity index (χ0n) is 18.6. The molecule has 2 atom stereocenters. The summed E-state index contributed by atoms with van der Waals surface area (Å²) in [5.74, 6) is -0.365. The number of allylic oxidation sites excluding steroid dienone is 3. The number of benzene rings is 2. The van der Waals surface area contributed by atoms with E-state index in [9.17, 15) is 19.2 Å². The lowest BCUT2D eigenvalue weighted by Crippen LogP contribution is -2.40. The van der Waals surface area contributed by atoms with Crippen LogP contribution in [0.1, 0.15) is 45.0 Å². The van der Waals surface area contributed by atoms with Gasteiger partial charge in [-0.05, 0) is 36.6 Å². The summed E-state index contributed by atoms with van der Waals surface area (Å²) in [7, 11) is 0. The fourth-order valence-corrected chi connectivity index (χ4v) is 4.51. The van der Waals surface area contributed by atoms with Crippen LogP contribution >= 0.6 is 0 Å². The number of hydrogen-bond donors (Lipinski definition) is 1. The van der Waals surface area contributed by atoms with Gasteiger partial charge in [0.1, 0.15) is 0 Å². The first-order chi connectivity index (χ1) is 16.5. The Bertz CT molecular complexity index is 1200. The highest BCUT2D eigenvalue weighted by Gasteiger charge is 2.40. The van der Waals surface area contributed by atoms with E-state index in [1.807, 2.05) is 36.4 Å². The summed E-state index contributed by atoms with van der Waals surface area (Å²) >= 11 is 0. The molecular formula is C28H24N2O4. The van der Waals surface area contributed by atoms with Crippen molar-refractivity contribution in [3.63, 3.8) is 0 Å². The lowest BCUT2D eigenvalue weighted by molar-refractivity contribution is -0.125. The van der Waals surface area contributed by atoms with Crippen LogP contribution in [-0.4, -0.2) is 41.5 Å². The van der Waals surface area contributed by atoms with Crippen molar-refractivity contribution in [2.45, 2.75) is 18.8 Å². The van der Waals surface area contributed by atoms with Gasteiger partial charge in [-0.15, -0.1) is 6.42 Å². The van der Waals surface area contributed by atoms with E-state index >= 15 is 0 Å². The molecular weight excluding hydrogens is 428 g/mol. The van der Waals surface area contributed by atoms with Gasteiger partial charge in [-0.2, -0.15) is 0 Å². The molecule has 1 N–H and O–H groups in total. The minimum absolute atomic E-state index is 0.00892. The molecule has 2 aromatic rings. The molecule has 0 spiro atoms. The van der Waals surface area contributed by atoms with Crippen LogP contribution in [0.2, 0.25) is 0 Å². The monoisotopic (exact) mass is 452 g/mol. The van der Waals surface area contributed by atoms with E-state index in [1.54, 1.807) is 30.3 Å². The van der Waals surface area contributed by atoms with E-state index in [0.29, 0.717) is 24.0 Å². The fourth-order valence-electron chi connectivity index (χ4n) is 4.51. The summed E-state index contributed by atoms with van der Waals surface area (Å²) in [6.07, 6.45) is 11.4. The van der Waals surface area contributed by atoms with Gasteiger partial charge in [-0.1, -0.05) is 60.5 Å². The van der Waals surface area contributed by atoms with E-state index < -0.39 is 17.7 Å². The quantitative estimate of drug-likeness (QED) is 0.414. The number of imide groups is 1. The van der Waals surface area contributed by atoms with Crippen molar-refractivity contribution in [3.05, 3.63) is 95.1 Å². The first kappa shape index (κ1) is 22.9. The maximum Gasteiger partial charge on any atom is 0.261 e. The van der Waals surface area contributed by atoms with Crippen molar-refractivity contribution < 1.29 is 19.2 Å². The maximum atomic E-state index is 13.7. The first-order valence-electron chi connectivity index (χ1n) is 11.2. The molecule has 4 rings (SSSR count). The first-order valence-corrected chi connectivity index (χ1v) is 11.2. The molecule has 2 aromatic carbocycles. The number of carbonyl (C=O) groups excluding carboxylic acids is 4. The molecule has 2 unspecified atom stereocenters. The molecule has 6 heteroatoms. The predicted molar refractivity (Wildman–Crippen MR) is 128 cm³/mol. The zero-order chi connectivity index (χ0) is 24.1. The minimum Gasteiger partial charge on any atom is -0.341 e. The van der Waals surface area contributed by atoms with E-state index in [1.165, 1.54) is 11.0 Å². The van der Waals surface area contributed by atoms with Crippen LogP contribution < -0.4 is 5.32 Å². The third-order valence-corrected chi connectivity index (χ3v) is 6.21. The largest absolute Gasteiger partial charge is 0.341 e. The number of carbonyl (C=O) groups is 4. The molecule has 3 amide bonds. The summed E-state index contributed by atoms with van der Waals surface area (Å²) in [5, 5.41) is 2.56. The number of rotatable bonds is 6. The van der Waals surface area contributed by atoms with Crippen LogP contribution in [-0.2, 0) is 9.59 Å².